The summed E-state index contributed by atoms with van der Waals surface area (Å²) in [6.45, 7) is 9.43. The number of benzene rings is 2. The van der Waals surface area contributed by atoms with Gasteiger partial charge in [0.15, 0.2) is 11.0 Å². The summed E-state index contributed by atoms with van der Waals surface area (Å²) in [5.74, 6) is 1.34. The van der Waals surface area contributed by atoms with E-state index >= 15 is 0 Å². The van der Waals surface area contributed by atoms with E-state index in [1.807, 2.05) is 6.20 Å². The van der Waals surface area contributed by atoms with Gasteiger partial charge in [-0.3, -0.25) is 0 Å². The van der Waals surface area contributed by atoms with E-state index in [4.69, 9.17) is 0 Å². The molecule has 0 radical (unpaired) electrons. The number of aryl methyl sites for hydroxylation is 1. The Balaban J connectivity index is 2.44. The number of fused-ring (bicyclic) bond motifs is 2. The molecule has 0 saturated heterocycles. The summed E-state index contributed by atoms with van der Waals surface area (Å²) in [5.41, 5.74) is 2.55. The van der Waals surface area contributed by atoms with Crippen LogP contribution in [-0.4, -0.2) is 4.57 Å². The lowest BCUT2D eigenvalue weighted by Gasteiger charge is -1.98. The molecule has 0 unspecified atom stereocenters. The molecular weight excluding hydrogens is 244 g/mol. The normalized spacial score (nSPS) is 11.3. The van der Waals surface area contributed by atoms with Gasteiger partial charge in [0, 0.05) is 6.42 Å². The Labute approximate surface area is 120 Å². The number of imidazole rings is 1. The van der Waals surface area contributed by atoms with Gasteiger partial charge in [-0.2, -0.15) is 4.57 Å². The van der Waals surface area contributed by atoms with Gasteiger partial charge < -0.3 is 0 Å². The van der Waals surface area contributed by atoms with Gasteiger partial charge in [0.1, 0.15) is 0 Å². The number of hydrogen-bond acceptors (Lipinski definition) is 0. The van der Waals surface area contributed by atoms with Gasteiger partial charge in [0.05, 0.1) is 12.7 Å². The maximum absolute atomic E-state index is 4.00. The minimum atomic E-state index is 0.991. The first kappa shape index (κ1) is 12.9. The van der Waals surface area contributed by atoms with Crippen LogP contribution >= 0.6 is 0 Å². The second-order valence-corrected chi connectivity index (χ2v) is 5.15. The number of aromatic nitrogens is 2. The average Bonchev–Trinajstić information content (AvgIpc) is 2.77. The van der Waals surface area contributed by atoms with Crippen molar-refractivity contribution in [2.75, 3.05) is 0 Å². The van der Waals surface area contributed by atoms with Crippen LogP contribution in [0.5, 0.6) is 0 Å². The lowest BCUT2D eigenvalue weighted by atomic mass is 10.1. The average molecular weight is 265 g/mol. The molecule has 2 nitrogen and oxygen atoms in total. The molecule has 20 heavy (non-hydrogen) atoms. The monoisotopic (exact) mass is 265 g/mol. The minimum Gasteiger partial charge on any atom is -0.227 e. The van der Waals surface area contributed by atoms with Crippen molar-refractivity contribution in [1.29, 1.82) is 0 Å². The molecule has 0 aliphatic rings. The van der Waals surface area contributed by atoms with Crippen molar-refractivity contribution in [3.63, 3.8) is 0 Å². The minimum absolute atomic E-state index is 0.991. The molecule has 0 fully saturated rings. The molecule has 3 aromatic rings. The second kappa shape index (κ2) is 5.12. The summed E-state index contributed by atoms with van der Waals surface area (Å²) in [4.78, 5) is 0. The maximum Gasteiger partial charge on any atom is 0.262 e. The molecule has 1 heterocycles. The van der Waals surface area contributed by atoms with Crippen LogP contribution in [0.3, 0.4) is 0 Å². The highest BCUT2D eigenvalue weighted by molar-refractivity contribution is 5.94. The van der Waals surface area contributed by atoms with Gasteiger partial charge >= 0.3 is 0 Å². The Morgan fingerprint density at radius 1 is 1.15 bits per heavy atom. The molecule has 0 spiro atoms. The van der Waals surface area contributed by atoms with Gasteiger partial charge in [-0.25, -0.2) is 4.57 Å². The second-order valence-electron chi connectivity index (χ2n) is 5.15. The number of nitrogens with zero attached hydrogens (tertiary/aromatic N) is 2. The third-order valence-electron chi connectivity index (χ3n) is 3.96. The van der Waals surface area contributed by atoms with E-state index in [0.717, 1.165) is 19.4 Å². The molecular formula is C18H21N2+. The van der Waals surface area contributed by atoms with E-state index in [2.05, 4.69) is 66.0 Å². The van der Waals surface area contributed by atoms with E-state index in [0.29, 0.717) is 0 Å². The zero-order valence-electron chi connectivity index (χ0n) is 12.3. The maximum atomic E-state index is 4.00. The van der Waals surface area contributed by atoms with Crippen molar-refractivity contribution in [2.24, 2.45) is 0 Å². The molecule has 0 bridgehead atoms. The number of hydrogen-bond donors (Lipinski definition) is 0. The molecule has 0 amide bonds. The van der Waals surface area contributed by atoms with Crippen molar-refractivity contribution in [1.82, 2.24) is 4.57 Å². The molecule has 2 heteroatoms. The van der Waals surface area contributed by atoms with E-state index in [1.54, 1.807) is 0 Å². The Morgan fingerprint density at radius 2 is 1.85 bits per heavy atom. The molecule has 0 aliphatic heterocycles. The zero-order valence-corrected chi connectivity index (χ0v) is 12.3. The fourth-order valence-corrected chi connectivity index (χ4v) is 3.07. The van der Waals surface area contributed by atoms with Crippen molar-refractivity contribution in [2.45, 2.75) is 33.2 Å². The molecule has 3 rings (SSSR count). The molecule has 0 atom stereocenters. The molecule has 1 aromatic heterocycles. The van der Waals surface area contributed by atoms with Crippen LogP contribution in [-0.2, 0) is 13.0 Å². The predicted molar refractivity (Wildman–Crippen MR) is 85.7 cm³/mol. The fourth-order valence-electron chi connectivity index (χ4n) is 3.07. The van der Waals surface area contributed by atoms with Crippen LogP contribution in [0.25, 0.3) is 28.0 Å². The lowest BCUT2D eigenvalue weighted by Crippen LogP contribution is -2.36. The third-order valence-corrected chi connectivity index (χ3v) is 3.96. The quantitative estimate of drug-likeness (QED) is 0.626. The summed E-state index contributed by atoms with van der Waals surface area (Å²) in [5, 5.41) is 2.58. The zero-order chi connectivity index (χ0) is 14.1. The van der Waals surface area contributed by atoms with Gasteiger partial charge in [-0.15, -0.1) is 0 Å². The largest absolute Gasteiger partial charge is 0.262 e. The van der Waals surface area contributed by atoms with E-state index in [9.17, 15) is 0 Å². The fraction of sp³-hybridized carbons (Fsp3) is 0.278. The Morgan fingerprint density at radius 3 is 2.45 bits per heavy atom. The van der Waals surface area contributed by atoms with E-state index in [1.165, 1.54) is 27.6 Å². The van der Waals surface area contributed by atoms with Crippen molar-refractivity contribution in [3.05, 3.63) is 48.8 Å². The standard InChI is InChI=1S/C18H21N2/c1-4-9-18-19(5-2)16-12-14-10-7-8-11-15(14)13-17(16)20(18)6-3/h5,7-8,10-13H,2,4,6,9H2,1,3H3/q+1. The summed E-state index contributed by atoms with van der Waals surface area (Å²) in [6.07, 6.45) is 4.16. The Kier molecular flexibility index (Phi) is 3.31. The van der Waals surface area contributed by atoms with Gasteiger partial charge in [0.25, 0.3) is 5.82 Å². The van der Waals surface area contributed by atoms with E-state index < -0.39 is 0 Å². The van der Waals surface area contributed by atoms with Gasteiger partial charge in [-0.05, 0) is 36.2 Å². The van der Waals surface area contributed by atoms with Crippen LogP contribution in [0.1, 0.15) is 26.1 Å². The first-order valence-electron chi connectivity index (χ1n) is 7.38. The van der Waals surface area contributed by atoms with Crippen LogP contribution < -0.4 is 4.57 Å². The topological polar surface area (TPSA) is 8.81 Å². The Bertz CT molecular complexity index is 781. The van der Waals surface area contributed by atoms with Gasteiger partial charge in [0.2, 0.25) is 0 Å². The first-order chi connectivity index (χ1) is 9.80. The van der Waals surface area contributed by atoms with Crippen LogP contribution in [0.15, 0.2) is 43.0 Å². The predicted octanol–water partition coefficient (Wildman–Crippen LogP) is 4.15. The summed E-state index contributed by atoms with van der Waals surface area (Å²) in [7, 11) is 0. The third kappa shape index (κ3) is 1.83. The van der Waals surface area contributed by atoms with Crippen LogP contribution in [0, 0.1) is 0 Å². The lowest BCUT2D eigenvalue weighted by molar-refractivity contribution is -0.675. The first-order valence-corrected chi connectivity index (χ1v) is 7.38. The van der Waals surface area contributed by atoms with Gasteiger partial charge in [-0.1, -0.05) is 37.8 Å². The Hall–Kier alpha value is -2.09. The molecule has 102 valence electrons. The highest BCUT2D eigenvalue weighted by atomic mass is 15.2. The summed E-state index contributed by atoms with van der Waals surface area (Å²) < 4.78 is 4.65. The molecule has 0 N–H and O–H groups in total. The van der Waals surface area contributed by atoms with Crippen molar-refractivity contribution < 1.29 is 4.57 Å². The van der Waals surface area contributed by atoms with Crippen LogP contribution in [0.4, 0.5) is 0 Å². The highest BCUT2D eigenvalue weighted by Crippen LogP contribution is 2.23. The summed E-state index contributed by atoms with van der Waals surface area (Å²) in [6, 6.07) is 13.1. The molecule has 0 aliphatic carbocycles. The summed E-state index contributed by atoms with van der Waals surface area (Å²) >= 11 is 0. The van der Waals surface area contributed by atoms with E-state index in [-0.39, 0.29) is 0 Å². The number of rotatable bonds is 4. The smallest absolute Gasteiger partial charge is 0.227 e. The van der Waals surface area contributed by atoms with Crippen molar-refractivity contribution >= 4 is 28.0 Å². The SMILES string of the molecule is C=Cn1c(CCC)[n+](CC)c2cc3ccccc3cc21. The molecule has 2 aromatic carbocycles. The molecule has 0 saturated carbocycles. The van der Waals surface area contributed by atoms with Crippen LogP contribution in [0.2, 0.25) is 0 Å². The highest BCUT2D eigenvalue weighted by Gasteiger charge is 2.22. The van der Waals surface area contributed by atoms with Crippen molar-refractivity contribution in [3.8, 4) is 0 Å².